The van der Waals surface area contributed by atoms with Crippen molar-refractivity contribution >= 4 is 16.0 Å². The van der Waals surface area contributed by atoms with Crippen molar-refractivity contribution in [3.63, 3.8) is 0 Å². The summed E-state index contributed by atoms with van der Waals surface area (Å²) in [6, 6.07) is 2.61. The number of rotatable bonds is 5. The fourth-order valence-corrected chi connectivity index (χ4v) is 2.26. The fourth-order valence-electron chi connectivity index (χ4n) is 1.33. The number of carbonyl (C=O) groups is 1. The highest BCUT2D eigenvalue weighted by Gasteiger charge is 2.30. The fraction of sp³-hybridized carbons (Fsp3) is 0.364. The Hall–Kier alpha value is -1.81. The average molecular weight is 327 g/mol. The van der Waals surface area contributed by atoms with Crippen molar-refractivity contribution in [2.45, 2.75) is 11.1 Å². The molecule has 0 heterocycles. The van der Waals surface area contributed by atoms with Crippen LogP contribution in [0.4, 0.5) is 13.2 Å². The third kappa shape index (κ3) is 4.33. The Morgan fingerprint density at radius 3 is 2.33 bits per heavy atom. The zero-order chi connectivity index (χ0) is 16.4. The van der Waals surface area contributed by atoms with Gasteiger partial charge in [-0.3, -0.25) is 0 Å². The largest absolute Gasteiger partial charge is 0.483 e. The lowest BCUT2D eigenvalue weighted by molar-refractivity contribution is -0.153. The highest BCUT2D eigenvalue weighted by atomic mass is 32.2. The van der Waals surface area contributed by atoms with Gasteiger partial charge in [0.25, 0.3) is 0 Å². The Kier molecular flexibility index (Phi) is 4.84. The summed E-state index contributed by atoms with van der Waals surface area (Å²) in [6.07, 6.45) is -4.63. The first-order chi connectivity index (χ1) is 9.45. The molecule has 0 unspecified atom stereocenters. The minimum absolute atomic E-state index is 0.357. The molecular weight excluding hydrogens is 315 g/mol. The van der Waals surface area contributed by atoms with Crippen LogP contribution < -0.4 is 4.74 Å². The van der Waals surface area contributed by atoms with E-state index in [9.17, 15) is 26.4 Å². The number of aromatic carboxylic acids is 1. The normalized spacial score (nSPS) is 12.5. The highest BCUT2D eigenvalue weighted by Crippen LogP contribution is 2.26. The van der Waals surface area contributed by atoms with E-state index in [4.69, 9.17) is 5.11 Å². The summed E-state index contributed by atoms with van der Waals surface area (Å²) in [5, 5.41) is 8.95. The maximum absolute atomic E-state index is 12.1. The lowest BCUT2D eigenvalue weighted by atomic mass is 10.2. The first kappa shape index (κ1) is 17.2. The van der Waals surface area contributed by atoms with Gasteiger partial charge in [0.2, 0.25) is 10.0 Å². The van der Waals surface area contributed by atoms with E-state index in [2.05, 4.69) is 4.74 Å². The molecule has 0 spiro atoms. The summed E-state index contributed by atoms with van der Waals surface area (Å²) in [7, 11) is -1.42. The van der Waals surface area contributed by atoms with Crippen molar-refractivity contribution in [1.29, 1.82) is 0 Å². The molecule has 1 aromatic carbocycles. The minimum Gasteiger partial charge on any atom is -0.483 e. The standard InChI is InChI=1S/C11H12F3NO5S/c1-15(2)21(18,19)7-3-4-9(8(5-7)10(16)17)20-6-11(12,13)14/h3-5H,6H2,1-2H3,(H,16,17). The number of alkyl halides is 3. The van der Waals surface area contributed by atoms with Crippen LogP contribution in [-0.2, 0) is 10.0 Å². The maximum Gasteiger partial charge on any atom is 0.422 e. The van der Waals surface area contributed by atoms with Crippen LogP contribution in [0, 0.1) is 0 Å². The smallest absolute Gasteiger partial charge is 0.422 e. The summed E-state index contributed by atoms with van der Waals surface area (Å²) in [5.74, 6) is -2.15. The van der Waals surface area contributed by atoms with Crippen LogP contribution in [0.25, 0.3) is 0 Å². The second-order valence-corrected chi connectivity index (χ2v) is 6.31. The molecule has 0 fully saturated rings. The van der Waals surface area contributed by atoms with E-state index >= 15 is 0 Å². The average Bonchev–Trinajstić information content (AvgIpc) is 2.34. The Labute approximate surface area is 118 Å². The molecule has 0 aliphatic heterocycles. The van der Waals surface area contributed by atoms with Gasteiger partial charge in [0.1, 0.15) is 11.3 Å². The van der Waals surface area contributed by atoms with Crippen LogP contribution in [0.1, 0.15) is 10.4 Å². The van der Waals surface area contributed by atoms with Crippen molar-refractivity contribution in [2.24, 2.45) is 0 Å². The van der Waals surface area contributed by atoms with Crippen LogP contribution in [0.15, 0.2) is 23.1 Å². The van der Waals surface area contributed by atoms with Crippen LogP contribution >= 0.6 is 0 Å². The van der Waals surface area contributed by atoms with Crippen molar-refractivity contribution in [2.75, 3.05) is 20.7 Å². The number of carboxylic acid groups (broad SMARTS) is 1. The predicted octanol–water partition coefficient (Wildman–Crippen LogP) is 1.58. The summed E-state index contributed by atoms with van der Waals surface area (Å²) < 4.78 is 65.1. The van der Waals surface area contributed by atoms with Crippen LogP contribution in [0.3, 0.4) is 0 Å². The summed E-state index contributed by atoms with van der Waals surface area (Å²) in [6.45, 7) is -1.67. The summed E-state index contributed by atoms with van der Waals surface area (Å²) in [4.78, 5) is 10.7. The molecule has 0 saturated carbocycles. The number of ether oxygens (including phenoxy) is 1. The molecule has 21 heavy (non-hydrogen) atoms. The van der Waals surface area contributed by atoms with Crippen molar-refractivity contribution in [3.05, 3.63) is 23.8 Å². The van der Waals surface area contributed by atoms with E-state index < -0.39 is 40.1 Å². The highest BCUT2D eigenvalue weighted by molar-refractivity contribution is 7.89. The molecule has 6 nitrogen and oxygen atoms in total. The molecule has 0 aromatic heterocycles. The van der Waals surface area contributed by atoms with Crippen molar-refractivity contribution < 1.29 is 36.2 Å². The molecule has 10 heteroatoms. The summed E-state index contributed by atoms with van der Waals surface area (Å²) >= 11 is 0. The van der Waals surface area contributed by atoms with E-state index in [-0.39, 0.29) is 4.90 Å². The third-order valence-corrected chi connectivity index (χ3v) is 4.16. The second kappa shape index (κ2) is 5.90. The number of nitrogens with zero attached hydrogens (tertiary/aromatic N) is 1. The molecule has 1 N–H and O–H groups in total. The summed E-state index contributed by atoms with van der Waals surface area (Å²) in [5.41, 5.74) is -0.665. The van der Waals surface area contributed by atoms with Gasteiger partial charge in [0, 0.05) is 14.1 Å². The quantitative estimate of drug-likeness (QED) is 0.887. The molecule has 0 aliphatic rings. The number of sulfonamides is 1. The Morgan fingerprint density at radius 2 is 1.90 bits per heavy atom. The number of benzene rings is 1. The van der Waals surface area contributed by atoms with Gasteiger partial charge in [-0.1, -0.05) is 0 Å². The zero-order valence-corrected chi connectivity index (χ0v) is 11.8. The zero-order valence-electron chi connectivity index (χ0n) is 11.0. The maximum atomic E-state index is 12.1. The van der Waals surface area contributed by atoms with Crippen LogP contribution in [0.5, 0.6) is 5.75 Å². The number of halogens is 3. The van der Waals surface area contributed by atoms with Gasteiger partial charge in [0.05, 0.1) is 4.90 Å². The van der Waals surface area contributed by atoms with E-state index in [1.807, 2.05) is 0 Å². The Balaban J connectivity index is 3.23. The first-order valence-corrected chi connectivity index (χ1v) is 6.88. The topological polar surface area (TPSA) is 83.9 Å². The lowest BCUT2D eigenvalue weighted by Gasteiger charge is -2.14. The minimum atomic E-state index is -4.63. The second-order valence-electron chi connectivity index (χ2n) is 4.15. The monoisotopic (exact) mass is 327 g/mol. The Morgan fingerprint density at radius 1 is 1.33 bits per heavy atom. The molecule has 0 atom stereocenters. The third-order valence-electron chi connectivity index (χ3n) is 2.35. The molecule has 0 amide bonds. The van der Waals surface area contributed by atoms with Gasteiger partial charge in [-0.25, -0.2) is 17.5 Å². The van der Waals surface area contributed by atoms with Gasteiger partial charge in [0.15, 0.2) is 6.61 Å². The predicted molar refractivity (Wildman–Crippen MR) is 65.8 cm³/mol. The molecule has 0 radical (unpaired) electrons. The molecule has 1 aromatic rings. The SMILES string of the molecule is CN(C)S(=O)(=O)c1ccc(OCC(F)(F)F)c(C(=O)O)c1. The molecule has 118 valence electrons. The van der Waals surface area contributed by atoms with Gasteiger partial charge in [-0.15, -0.1) is 0 Å². The van der Waals surface area contributed by atoms with Crippen molar-refractivity contribution in [3.8, 4) is 5.75 Å². The number of hydrogen-bond acceptors (Lipinski definition) is 4. The van der Waals surface area contributed by atoms with Crippen LogP contribution in [0.2, 0.25) is 0 Å². The van der Waals surface area contributed by atoms with E-state index in [0.717, 1.165) is 22.5 Å². The molecular formula is C11H12F3NO5S. The van der Waals surface area contributed by atoms with Gasteiger partial charge >= 0.3 is 12.1 Å². The molecule has 1 rings (SSSR count). The van der Waals surface area contributed by atoms with E-state index in [1.54, 1.807) is 0 Å². The molecule has 0 aliphatic carbocycles. The molecule has 0 bridgehead atoms. The molecule has 0 saturated heterocycles. The van der Waals surface area contributed by atoms with Crippen molar-refractivity contribution in [1.82, 2.24) is 4.31 Å². The number of carboxylic acids is 1. The van der Waals surface area contributed by atoms with Gasteiger partial charge in [-0.2, -0.15) is 13.2 Å². The van der Waals surface area contributed by atoms with Crippen LogP contribution in [-0.4, -0.2) is 50.7 Å². The lowest BCUT2D eigenvalue weighted by Crippen LogP contribution is -2.23. The Bertz CT molecular complexity index is 640. The number of hydrogen-bond donors (Lipinski definition) is 1. The van der Waals surface area contributed by atoms with E-state index in [1.165, 1.54) is 14.1 Å². The van der Waals surface area contributed by atoms with Gasteiger partial charge < -0.3 is 9.84 Å². The van der Waals surface area contributed by atoms with Gasteiger partial charge in [-0.05, 0) is 18.2 Å². The first-order valence-electron chi connectivity index (χ1n) is 5.44. The van der Waals surface area contributed by atoms with E-state index in [0.29, 0.717) is 0 Å².